The van der Waals surface area contributed by atoms with Crippen molar-refractivity contribution in [3.05, 3.63) is 35.4 Å². The highest BCUT2D eigenvalue weighted by Gasteiger charge is 2.18. The van der Waals surface area contributed by atoms with Crippen LogP contribution in [0.2, 0.25) is 0 Å². The molecule has 0 amide bonds. The van der Waals surface area contributed by atoms with Crippen LogP contribution in [-0.2, 0) is 4.79 Å². The molecule has 18 heavy (non-hydrogen) atoms. The minimum Gasteiger partial charge on any atom is -0.330 e. The summed E-state index contributed by atoms with van der Waals surface area (Å²) in [5, 5.41) is 0.433. The van der Waals surface area contributed by atoms with E-state index >= 15 is 0 Å². The van der Waals surface area contributed by atoms with Crippen molar-refractivity contribution in [1.29, 1.82) is 0 Å². The summed E-state index contributed by atoms with van der Waals surface area (Å²) >= 11 is 3.28. The third-order valence-corrected chi connectivity index (χ3v) is 3.71. The van der Waals surface area contributed by atoms with Crippen molar-refractivity contribution in [3.63, 3.8) is 0 Å². The number of ketones is 1. The van der Waals surface area contributed by atoms with E-state index in [1.165, 1.54) is 5.56 Å². The molecule has 1 aromatic carbocycles. The molecule has 0 aliphatic carbocycles. The fourth-order valence-corrected chi connectivity index (χ4v) is 2.55. The van der Waals surface area contributed by atoms with Gasteiger partial charge in [0.15, 0.2) is 5.78 Å². The lowest BCUT2D eigenvalue weighted by Crippen LogP contribution is -2.14. The van der Waals surface area contributed by atoms with Gasteiger partial charge in [-0.2, -0.15) is 0 Å². The Balaban J connectivity index is 2.69. The van der Waals surface area contributed by atoms with E-state index in [0.717, 1.165) is 37.8 Å². The number of halogens is 1. The average molecular weight is 312 g/mol. The molecule has 0 aliphatic rings. The quantitative estimate of drug-likeness (QED) is 0.589. The second-order valence-electron chi connectivity index (χ2n) is 4.70. The molecule has 1 unspecified atom stereocenters. The molecule has 0 aliphatic heterocycles. The second kappa shape index (κ2) is 8.44. The van der Waals surface area contributed by atoms with Gasteiger partial charge in [0.25, 0.3) is 0 Å². The molecule has 0 bridgehead atoms. The van der Waals surface area contributed by atoms with Gasteiger partial charge in [0.05, 0.1) is 5.33 Å². The smallest absolute Gasteiger partial charge is 0.150 e. The zero-order valence-electron chi connectivity index (χ0n) is 11.0. The van der Waals surface area contributed by atoms with E-state index < -0.39 is 0 Å². The van der Waals surface area contributed by atoms with Gasteiger partial charge in [0.1, 0.15) is 0 Å². The lowest BCUT2D eigenvalue weighted by Gasteiger charge is -2.15. The van der Waals surface area contributed by atoms with E-state index in [-0.39, 0.29) is 11.7 Å². The molecule has 0 saturated carbocycles. The van der Waals surface area contributed by atoms with Gasteiger partial charge >= 0.3 is 0 Å². The van der Waals surface area contributed by atoms with Crippen molar-refractivity contribution in [3.8, 4) is 0 Å². The van der Waals surface area contributed by atoms with Crippen LogP contribution in [0.1, 0.15) is 42.7 Å². The topological polar surface area (TPSA) is 43.1 Å². The third-order valence-electron chi connectivity index (χ3n) is 3.16. The standard InChI is InChI=1S/C15H22BrNO/c1-12-6-5-7-13(10-12)14(15(18)11-16)8-3-2-4-9-17/h5-7,10,14H,2-4,8-9,11,17H2,1H3. The molecular formula is C15H22BrNO. The Hall–Kier alpha value is -0.670. The van der Waals surface area contributed by atoms with Crippen LogP contribution in [0.15, 0.2) is 24.3 Å². The third kappa shape index (κ3) is 4.91. The summed E-state index contributed by atoms with van der Waals surface area (Å²) in [5.74, 6) is 0.301. The summed E-state index contributed by atoms with van der Waals surface area (Å²) in [6, 6.07) is 8.27. The van der Waals surface area contributed by atoms with Crippen LogP contribution in [0.4, 0.5) is 0 Å². The van der Waals surface area contributed by atoms with E-state index in [0.29, 0.717) is 5.33 Å². The number of aryl methyl sites for hydroxylation is 1. The molecule has 1 atom stereocenters. The Morgan fingerprint density at radius 1 is 1.33 bits per heavy atom. The van der Waals surface area contributed by atoms with E-state index in [9.17, 15) is 4.79 Å². The predicted molar refractivity (Wildman–Crippen MR) is 80.2 cm³/mol. The van der Waals surface area contributed by atoms with Gasteiger partial charge in [0.2, 0.25) is 0 Å². The molecule has 100 valence electrons. The van der Waals surface area contributed by atoms with Gasteiger partial charge in [-0.25, -0.2) is 0 Å². The molecule has 2 nitrogen and oxygen atoms in total. The summed E-state index contributed by atoms with van der Waals surface area (Å²) in [7, 11) is 0. The maximum atomic E-state index is 12.0. The van der Waals surface area contributed by atoms with E-state index in [1.54, 1.807) is 0 Å². The zero-order chi connectivity index (χ0) is 13.4. The normalized spacial score (nSPS) is 12.4. The number of alkyl halides is 1. The number of unbranched alkanes of at least 4 members (excludes halogenated alkanes) is 2. The van der Waals surface area contributed by atoms with Crippen molar-refractivity contribution >= 4 is 21.7 Å². The minimum absolute atomic E-state index is 0.0297. The van der Waals surface area contributed by atoms with E-state index in [1.807, 2.05) is 6.07 Å². The number of Topliss-reactive ketones (excluding diaryl/α,β-unsaturated/α-hetero) is 1. The predicted octanol–water partition coefficient (Wildman–Crippen LogP) is 3.56. The fourth-order valence-electron chi connectivity index (χ4n) is 2.16. The first-order valence-corrected chi connectivity index (χ1v) is 7.66. The van der Waals surface area contributed by atoms with Crippen LogP contribution in [0.3, 0.4) is 0 Å². The summed E-state index contributed by atoms with van der Waals surface area (Å²) in [6.07, 6.45) is 4.14. The molecule has 0 spiro atoms. The molecular weight excluding hydrogens is 290 g/mol. The first kappa shape index (κ1) is 15.4. The van der Waals surface area contributed by atoms with Crippen molar-refractivity contribution in [2.45, 2.75) is 38.5 Å². The summed E-state index contributed by atoms with van der Waals surface area (Å²) in [5.41, 5.74) is 7.84. The highest BCUT2D eigenvalue weighted by molar-refractivity contribution is 9.09. The molecule has 0 aromatic heterocycles. The minimum atomic E-state index is 0.0297. The summed E-state index contributed by atoms with van der Waals surface area (Å²) < 4.78 is 0. The van der Waals surface area contributed by atoms with Gasteiger partial charge in [-0.3, -0.25) is 4.79 Å². The van der Waals surface area contributed by atoms with Crippen LogP contribution in [0.25, 0.3) is 0 Å². The largest absolute Gasteiger partial charge is 0.330 e. The van der Waals surface area contributed by atoms with Crippen LogP contribution in [-0.4, -0.2) is 17.7 Å². The molecule has 3 heteroatoms. The number of hydrogen-bond donors (Lipinski definition) is 1. The van der Waals surface area contributed by atoms with Crippen molar-refractivity contribution in [1.82, 2.24) is 0 Å². The lowest BCUT2D eigenvalue weighted by atomic mass is 9.89. The fraction of sp³-hybridized carbons (Fsp3) is 0.533. The SMILES string of the molecule is Cc1cccc(C(CCCCCN)C(=O)CBr)c1. The molecule has 1 aromatic rings. The van der Waals surface area contributed by atoms with Crippen molar-refractivity contribution in [2.24, 2.45) is 5.73 Å². The number of hydrogen-bond acceptors (Lipinski definition) is 2. The zero-order valence-corrected chi connectivity index (χ0v) is 12.6. The van der Waals surface area contributed by atoms with Crippen LogP contribution < -0.4 is 5.73 Å². The highest BCUT2D eigenvalue weighted by Crippen LogP contribution is 2.25. The van der Waals surface area contributed by atoms with Crippen molar-refractivity contribution < 1.29 is 4.79 Å². The maximum absolute atomic E-state index is 12.0. The Bertz CT molecular complexity index is 379. The Morgan fingerprint density at radius 2 is 2.11 bits per heavy atom. The molecule has 0 heterocycles. The molecule has 0 radical (unpaired) electrons. The number of rotatable bonds is 8. The Labute approximate surface area is 118 Å². The van der Waals surface area contributed by atoms with Crippen LogP contribution in [0.5, 0.6) is 0 Å². The monoisotopic (exact) mass is 311 g/mol. The molecule has 0 fully saturated rings. The number of carbonyl (C=O) groups excluding carboxylic acids is 1. The van der Waals surface area contributed by atoms with Crippen LogP contribution >= 0.6 is 15.9 Å². The summed E-state index contributed by atoms with van der Waals surface area (Å²) in [4.78, 5) is 12.0. The average Bonchev–Trinajstić information content (AvgIpc) is 2.38. The molecule has 1 rings (SSSR count). The number of nitrogens with two attached hydrogens (primary N) is 1. The van der Waals surface area contributed by atoms with E-state index in [4.69, 9.17) is 5.73 Å². The van der Waals surface area contributed by atoms with Gasteiger partial charge in [-0.1, -0.05) is 58.6 Å². The molecule has 0 saturated heterocycles. The Morgan fingerprint density at radius 3 is 2.72 bits per heavy atom. The van der Waals surface area contributed by atoms with E-state index in [2.05, 4.69) is 41.1 Å². The number of benzene rings is 1. The molecule has 2 N–H and O–H groups in total. The van der Waals surface area contributed by atoms with Crippen LogP contribution in [0, 0.1) is 6.92 Å². The summed E-state index contributed by atoms with van der Waals surface area (Å²) in [6.45, 7) is 2.80. The first-order chi connectivity index (χ1) is 8.69. The lowest BCUT2D eigenvalue weighted by molar-refractivity contribution is -0.118. The van der Waals surface area contributed by atoms with Gasteiger partial charge in [-0.05, 0) is 31.9 Å². The number of carbonyl (C=O) groups is 1. The van der Waals surface area contributed by atoms with Gasteiger partial charge < -0.3 is 5.73 Å². The Kier molecular flexibility index (Phi) is 7.21. The van der Waals surface area contributed by atoms with Gasteiger partial charge in [0, 0.05) is 5.92 Å². The van der Waals surface area contributed by atoms with Crippen molar-refractivity contribution in [2.75, 3.05) is 11.9 Å². The second-order valence-corrected chi connectivity index (χ2v) is 5.27. The maximum Gasteiger partial charge on any atom is 0.150 e. The first-order valence-electron chi connectivity index (χ1n) is 6.54. The van der Waals surface area contributed by atoms with Gasteiger partial charge in [-0.15, -0.1) is 0 Å². The highest BCUT2D eigenvalue weighted by atomic mass is 79.9.